The van der Waals surface area contributed by atoms with Crippen LogP contribution in [0.15, 0.2) is 30.5 Å². The summed E-state index contributed by atoms with van der Waals surface area (Å²) in [7, 11) is 0. The SMILES string of the molecule is CCc1c(CBr)cnn1-c1cccc(C(F)(F)F)c1. The minimum atomic E-state index is -4.34. The van der Waals surface area contributed by atoms with E-state index in [0.717, 1.165) is 23.4 Å². The van der Waals surface area contributed by atoms with Gasteiger partial charge in [0, 0.05) is 16.6 Å². The summed E-state index contributed by atoms with van der Waals surface area (Å²) >= 11 is 3.35. The van der Waals surface area contributed by atoms with E-state index in [1.807, 2.05) is 6.92 Å². The fourth-order valence-electron chi connectivity index (χ4n) is 1.93. The van der Waals surface area contributed by atoms with Crippen LogP contribution in [0.4, 0.5) is 13.2 Å². The third-order valence-corrected chi connectivity index (χ3v) is 3.46. The first-order valence-electron chi connectivity index (χ1n) is 5.76. The third-order valence-electron chi connectivity index (χ3n) is 2.85. The average Bonchev–Trinajstić information content (AvgIpc) is 2.80. The summed E-state index contributed by atoms with van der Waals surface area (Å²) in [5, 5.41) is 4.80. The predicted molar refractivity (Wildman–Crippen MR) is 70.6 cm³/mol. The Balaban J connectivity index is 2.51. The fourth-order valence-corrected chi connectivity index (χ4v) is 2.40. The number of halogens is 4. The van der Waals surface area contributed by atoms with Crippen molar-refractivity contribution in [3.8, 4) is 5.69 Å². The second-order valence-electron chi connectivity index (χ2n) is 4.06. The highest BCUT2D eigenvalue weighted by molar-refractivity contribution is 9.08. The smallest absolute Gasteiger partial charge is 0.238 e. The van der Waals surface area contributed by atoms with Crippen LogP contribution in [0, 0.1) is 0 Å². The number of aromatic nitrogens is 2. The molecule has 1 aromatic carbocycles. The maximum absolute atomic E-state index is 12.7. The fraction of sp³-hybridized carbons (Fsp3) is 0.308. The minimum Gasteiger partial charge on any atom is -0.238 e. The monoisotopic (exact) mass is 332 g/mol. The van der Waals surface area contributed by atoms with E-state index >= 15 is 0 Å². The molecule has 0 saturated carbocycles. The predicted octanol–water partition coefficient (Wildman–Crippen LogP) is 4.35. The molecule has 0 N–H and O–H groups in total. The van der Waals surface area contributed by atoms with E-state index in [4.69, 9.17) is 0 Å². The molecule has 0 amide bonds. The first-order valence-corrected chi connectivity index (χ1v) is 6.89. The number of hydrogen-bond acceptors (Lipinski definition) is 1. The summed E-state index contributed by atoms with van der Waals surface area (Å²) < 4.78 is 39.7. The first kappa shape index (κ1) is 14.1. The van der Waals surface area contributed by atoms with Crippen LogP contribution in [0.25, 0.3) is 5.69 Å². The lowest BCUT2D eigenvalue weighted by molar-refractivity contribution is -0.137. The molecule has 0 atom stereocenters. The van der Waals surface area contributed by atoms with Crippen molar-refractivity contribution in [1.29, 1.82) is 0 Å². The van der Waals surface area contributed by atoms with Gasteiger partial charge in [0.1, 0.15) is 0 Å². The molecule has 0 aliphatic rings. The number of hydrogen-bond donors (Lipinski definition) is 0. The van der Waals surface area contributed by atoms with E-state index in [1.165, 1.54) is 6.07 Å². The van der Waals surface area contributed by atoms with Crippen molar-refractivity contribution in [2.75, 3.05) is 0 Å². The molecule has 2 nitrogen and oxygen atoms in total. The van der Waals surface area contributed by atoms with Crippen LogP contribution in [0.1, 0.15) is 23.7 Å². The quantitative estimate of drug-likeness (QED) is 0.764. The molecule has 0 radical (unpaired) electrons. The Labute approximate surface area is 117 Å². The topological polar surface area (TPSA) is 17.8 Å². The molecule has 2 rings (SSSR count). The van der Waals surface area contributed by atoms with Gasteiger partial charge >= 0.3 is 6.18 Å². The van der Waals surface area contributed by atoms with E-state index in [9.17, 15) is 13.2 Å². The van der Waals surface area contributed by atoms with E-state index in [1.54, 1.807) is 16.9 Å². The summed E-state index contributed by atoms with van der Waals surface area (Å²) in [6.07, 6.45) is -1.96. The van der Waals surface area contributed by atoms with Gasteiger partial charge in [-0.1, -0.05) is 28.9 Å². The number of nitrogens with zero attached hydrogens (tertiary/aromatic N) is 2. The highest BCUT2D eigenvalue weighted by Crippen LogP contribution is 2.30. The van der Waals surface area contributed by atoms with Crippen molar-refractivity contribution in [1.82, 2.24) is 9.78 Å². The Morgan fingerprint density at radius 2 is 2.05 bits per heavy atom. The maximum Gasteiger partial charge on any atom is 0.416 e. The van der Waals surface area contributed by atoms with Crippen LogP contribution in [-0.4, -0.2) is 9.78 Å². The van der Waals surface area contributed by atoms with Crippen LogP contribution >= 0.6 is 15.9 Å². The van der Waals surface area contributed by atoms with Crippen molar-refractivity contribution in [2.24, 2.45) is 0 Å². The van der Waals surface area contributed by atoms with Crippen molar-refractivity contribution >= 4 is 15.9 Å². The average molecular weight is 333 g/mol. The third kappa shape index (κ3) is 2.83. The van der Waals surface area contributed by atoms with Gasteiger partial charge in [0.25, 0.3) is 0 Å². The van der Waals surface area contributed by atoms with Crippen molar-refractivity contribution in [3.05, 3.63) is 47.3 Å². The zero-order valence-corrected chi connectivity index (χ0v) is 11.8. The molecular weight excluding hydrogens is 321 g/mol. The van der Waals surface area contributed by atoms with Gasteiger partial charge in [-0.25, -0.2) is 4.68 Å². The van der Waals surface area contributed by atoms with Gasteiger partial charge < -0.3 is 0 Å². The summed E-state index contributed by atoms with van der Waals surface area (Å²) in [5.41, 5.74) is 1.66. The molecule has 0 saturated heterocycles. The minimum absolute atomic E-state index is 0.430. The second-order valence-corrected chi connectivity index (χ2v) is 4.62. The van der Waals surface area contributed by atoms with Gasteiger partial charge in [-0.15, -0.1) is 0 Å². The maximum atomic E-state index is 12.7. The highest BCUT2D eigenvalue weighted by Gasteiger charge is 2.30. The standard InChI is InChI=1S/C13H12BrF3N2/c1-2-12-9(7-14)8-18-19(12)11-5-3-4-10(6-11)13(15,16)17/h3-6,8H,2,7H2,1H3. The Morgan fingerprint density at radius 3 is 2.63 bits per heavy atom. The Kier molecular flexibility index (Phi) is 3.99. The van der Waals surface area contributed by atoms with Gasteiger partial charge in [0.15, 0.2) is 0 Å². The normalized spacial score (nSPS) is 11.8. The summed E-state index contributed by atoms with van der Waals surface area (Å²) in [5.74, 6) is 0. The van der Waals surface area contributed by atoms with E-state index in [-0.39, 0.29) is 0 Å². The van der Waals surface area contributed by atoms with E-state index in [2.05, 4.69) is 21.0 Å². The zero-order chi connectivity index (χ0) is 14.0. The molecular formula is C13H12BrF3N2. The van der Waals surface area contributed by atoms with Gasteiger partial charge in [-0.05, 0) is 24.6 Å². The van der Waals surface area contributed by atoms with E-state index < -0.39 is 11.7 Å². The molecule has 0 spiro atoms. The lowest BCUT2D eigenvalue weighted by Crippen LogP contribution is -2.08. The molecule has 6 heteroatoms. The van der Waals surface area contributed by atoms with Crippen molar-refractivity contribution in [3.63, 3.8) is 0 Å². The molecule has 1 aromatic heterocycles. The Bertz CT molecular complexity index is 576. The molecule has 0 aliphatic heterocycles. The van der Waals surface area contributed by atoms with Gasteiger partial charge in [-0.3, -0.25) is 0 Å². The first-order chi connectivity index (χ1) is 8.97. The second kappa shape index (κ2) is 5.36. The van der Waals surface area contributed by atoms with Crippen molar-refractivity contribution in [2.45, 2.75) is 24.9 Å². The molecule has 0 bridgehead atoms. The Hall–Kier alpha value is -1.30. The van der Waals surface area contributed by atoms with Crippen LogP contribution in [0.3, 0.4) is 0 Å². The highest BCUT2D eigenvalue weighted by atomic mass is 79.9. The number of benzene rings is 1. The molecule has 19 heavy (non-hydrogen) atoms. The molecule has 0 aliphatic carbocycles. The summed E-state index contributed by atoms with van der Waals surface area (Å²) in [6.45, 7) is 1.95. The molecule has 0 unspecified atom stereocenters. The summed E-state index contributed by atoms with van der Waals surface area (Å²) in [6, 6.07) is 5.20. The molecule has 0 fully saturated rings. The van der Waals surface area contributed by atoms with Crippen molar-refractivity contribution < 1.29 is 13.2 Å². The Morgan fingerprint density at radius 1 is 1.32 bits per heavy atom. The van der Waals surface area contributed by atoms with Crippen LogP contribution < -0.4 is 0 Å². The zero-order valence-electron chi connectivity index (χ0n) is 10.2. The van der Waals surface area contributed by atoms with Crippen LogP contribution in [0.5, 0.6) is 0 Å². The molecule has 1 heterocycles. The number of rotatable bonds is 3. The van der Waals surface area contributed by atoms with Crippen LogP contribution in [0.2, 0.25) is 0 Å². The lowest BCUT2D eigenvalue weighted by atomic mass is 10.2. The molecule has 2 aromatic rings. The summed E-state index contributed by atoms with van der Waals surface area (Å²) in [4.78, 5) is 0. The van der Waals surface area contributed by atoms with Gasteiger partial charge in [-0.2, -0.15) is 18.3 Å². The van der Waals surface area contributed by atoms with Gasteiger partial charge in [0.2, 0.25) is 0 Å². The van der Waals surface area contributed by atoms with Gasteiger partial charge in [0.05, 0.1) is 17.4 Å². The van der Waals surface area contributed by atoms with E-state index in [0.29, 0.717) is 17.4 Å². The lowest BCUT2D eigenvalue weighted by Gasteiger charge is -2.11. The van der Waals surface area contributed by atoms with Crippen LogP contribution in [-0.2, 0) is 17.9 Å². The molecule has 102 valence electrons. The number of alkyl halides is 4. The largest absolute Gasteiger partial charge is 0.416 e.